The Labute approximate surface area is 180 Å². The number of hydrogen-bond acceptors (Lipinski definition) is 4. The maximum atomic E-state index is 13.0. The Kier molecular flexibility index (Phi) is 5.76. The van der Waals surface area contributed by atoms with E-state index in [1.165, 1.54) is 0 Å². The molecular formula is C23H24Cl2O4. The predicted molar refractivity (Wildman–Crippen MR) is 112 cm³/mol. The number of carbonyl (C=O) groups is 2. The summed E-state index contributed by atoms with van der Waals surface area (Å²) < 4.78 is 12.2. The van der Waals surface area contributed by atoms with Crippen molar-refractivity contribution in [2.75, 3.05) is 6.61 Å². The maximum Gasteiger partial charge on any atom is 0.163 e. The zero-order valence-corrected chi connectivity index (χ0v) is 18.2. The minimum atomic E-state index is -0.535. The highest BCUT2D eigenvalue weighted by Crippen LogP contribution is 2.51. The number of allylic oxidation sites excluding steroid dienone is 4. The summed E-state index contributed by atoms with van der Waals surface area (Å²) in [5.41, 5.74) is 1.81. The molecule has 0 fully saturated rings. The Balaban J connectivity index is 1.93. The Bertz CT molecular complexity index is 900. The highest BCUT2D eigenvalue weighted by atomic mass is 35.5. The zero-order chi connectivity index (χ0) is 20.7. The molecule has 0 saturated carbocycles. The second kappa shape index (κ2) is 8.16. The fraction of sp³-hybridized carbons (Fsp3) is 0.478. The molecule has 0 unspecified atom stereocenters. The van der Waals surface area contributed by atoms with E-state index in [2.05, 4.69) is 13.8 Å². The van der Waals surface area contributed by atoms with Gasteiger partial charge in [0, 0.05) is 47.4 Å². The van der Waals surface area contributed by atoms with Crippen LogP contribution in [0.3, 0.4) is 0 Å². The number of benzene rings is 1. The van der Waals surface area contributed by atoms with Crippen LogP contribution in [0.4, 0.5) is 0 Å². The number of carbonyl (C=O) groups excluding carboxylic acids is 2. The van der Waals surface area contributed by atoms with Gasteiger partial charge >= 0.3 is 0 Å². The summed E-state index contributed by atoms with van der Waals surface area (Å²) in [6, 6.07) is 3.41. The molecule has 4 nitrogen and oxygen atoms in total. The van der Waals surface area contributed by atoms with Gasteiger partial charge in [0.15, 0.2) is 11.6 Å². The van der Waals surface area contributed by atoms with Crippen molar-refractivity contribution in [2.45, 2.75) is 58.3 Å². The van der Waals surface area contributed by atoms with Crippen molar-refractivity contribution in [1.82, 2.24) is 0 Å². The van der Waals surface area contributed by atoms with Gasteiger partial charge in [-0.2, -0.15) is 0 Å². The van der Waals surface area contributed by atoms with Crippen molar-refractivity contribution in [1.29, 1.82) is 0 Å². The summed E-state index contributed by atoms with van der Waals surface area (Å²) in [5.74, 6) is 1.66. The van der Waals surface area contributed by atoms with Crippen molar-refractivity contribution in [3.05, 3.63) is 50.4 Å². The minimum absolute atomic E-state index is 0.0204. The van der Waals surface area contributed by atoms with Crippen LogP contribution in [0.1, 0.15) is 63.9 Å². The molecule has 0 saturated heterocycles. The topological polar surface area (TPSA) is 52.6 Å². The lowest BCUT2D eigenvalue weighted by molar-refractivity contribution is -0.117. The van der Waals surface area contributed by atoms with E-state index in [0.29, 0.717) is 82.2 Å². The van der Waals surface area contributed by atoms with Crippen LogP contribution in [0.2, 0.25) is 10.0 Å². The number of rotatable bonds is 4. The first-order valence-corrected chi connectivity index (χ1v) is 10.9. The Hall–Kier alpha value is -1.78. The highest BCUT2D eigenvalue weighted by Gasteiger charge is 2.43. The lowest BCUT2D eigenvalue weighted by Crippen LogP contribution is -2.30. The van der Waals surface area contributed by atoms with Gasteiger partial charge in [0.05, 0.1) is 17.5 Å². The van der Waals surface area contributed by atoms with Crippen molar-refractivity contribution in [3.63, 3.8) is 0 Å². The quantitative estimate of drug-likeness (QED) is 0.569. The molecule has 2 aliphatic carbocycles. The molecule has 0 aromatic heterocycles. The molecule has 1 aromatic carbocycles. The number of hydrogen-bond donors (Lipinski definition) is 0. The molecule has 0 radical (unpaired) electrons. The van der Waals surface area contributed by atoms with Crippen LogP contribution in [0.25, 0.3) is 0 Å². The van der Waals surface area contributed by atoms with Crippen LogP contribution in [0, 0.1) is 5.92 Å². The van der Waals surface area contributed by atoms with E-state index in [9.17, 15) is 9.59 Å². The zero-order valence-electron chi connectivity index (χ0n) is 16.6. The molecule has 4 rings (SSSR count). The van der Waals surface area contributed by atoms with Crippen LogP contribution in [0.15, 0.2) is 34.8 Å². The molecule has 154 valence electrons. The van der Waals surface area contributed by atoms with Crippen molar-refractivity contribution < 1.29 is 19.1 Å². The standard InChI is InChI=1S/C23H24Cl2O4/c1-12(2)11-28-23-14(9-13(24)10-15(23)25)20-21-16(26)5-3-7-18(21)29-19-8-4-6-17(27)22(19)20/h9-10,12,20H,3-8,11H2,1-2H3. The Morgan fingerprint density at radius 2 is 1.59 bits per heavy atom. The summed E-state index contributed by atoms with van der Waals surface area (Å²) >= 11 is 12.9. The second-order valence-electron chi connectivity index (χ2n) is 8.27. The summed E-state index contributed by atoms with van der Waals surface area (Å²) in [7, 11) is 0. The van der Waals surface area contributed by atoms with Gasteiger partial charge in [-0.3, -0.25) is 9.59 Å². The van der Waals surface area contributed by atoms with Gasteiger partial charge in [-0.25, -0.2) is 0 Å². The monoisotopic (exact) mass is 434 g/mol. The average molecular weight is 435 g/mol. The third-order valence-corrected chi connectivity index (χ3v) is 6.05. The minimum Gasteiger partial charge on any atom is -0.491 e. The molecule has 0 spiro atoms. The molecule has 0 atom stereocenters. The van der Waals surface area contributed by atoms with E-state index >= 15 is 0 Å². The van der Waals surface area contributed by atoms with E-state index < -0.39 is 5.92 Å². The molecule has 0 bridgehead atoms. The van der Waals surface area contributed by atoms with E-state index in [1.54, 1.807) is 12.1 Å². The van der Waals surface area contributed by atoms with Gasteiger partial charge < -0.3 is 9.47 Å². The predicted octanol–water partition coefficient (Wildman–Crippen LogP) is 6.16. The smallest absolute Gasteiger partial charge is 0.163 e. The van der Waals surface area contributed by atoms with Crippen LogP contribution < -0.4 is 4.74 Å². The lowest BCUT2D eigenvalue weighted by Gasteiger charge is -2.36. The SMILES string of the molecule is CC(C)COc1c(Cl)cc(Cl)cc1C1C2=C(CCCC2=O)OC2=C1C(=O)CCC2. The van der Waals surface area contributed by atoms with E-state index in [0.717, 1.165) is 12.8 Å². The number of Topliss-reactive ketones (excluding diaryl/α,β-unsaturated/α-hetero) is 2. The molecule has 0 amide bonds. The molecule has 1 aliphatic heterocycles. The van der Waals surface area contributed by atoms with Gasteiger partial charge in [0.1, 0.15) is 17.3 Å². The first-order chi connectivity index (χ1) is 13.9. The average Bonchev–Trinajstić information content (AvgIpc) is 2.65. The third kappa shape index (κ3) is 3.85. The van der Waals surface area contributed by atoms with Crippen molar-refractivity contribution in [2.24, 2.45) is 5.92 Å². The van der Waals surface area contributed by atoms with Gasteiger partial charge in [0.25, 0.3) is 0 Å². The fourth-order valence-electron chi connectivity index (χ4n) is 4.33. The molecule has 3 aliphatic rings. The highest BCUT2D eigenvalue weighted by molar-refractivity contribution is 6.35. The van der Waals surface area contributed by atoms with Gasteiger partial charge in [0.2, 0.25) is 0 Å². The molecule has 1 heterocycles. The molecule has 0 N–H and O–H groups in total. The van der Waals surface area contributed by atoms with Crippen LogP contribution in [-0.2, 0) is 14.3 Å². The van der Waals surface area contributed by atoms with Crippen LogP contribution >= 0.6 is 23.2 Å². The lowest BCUT2D eigenvalue weighted by atomic mass is 9.73. The van der Waals surface area contributed by atoms with E-state index in [1.807, 2.05) is 0 Å². The van der Waals surface area contributed by atoms with Crippen molar-refractivity contribution >= 4 is 34.8 Å². The molecular weight excluding hydrogens is 411 g/mol. The third-order valence-electron chi connectivity index (χ3n) is 5.55. The first kappa shape index (κ1) is 20.5. The summed E-state index contributed by atoms with van der Waals surface area (Å²) in [6.45, 7) is 4.57. The van der Waals surface area contributed by atoms with Gasteiger partial charge in [-0.05, 0) is 30.9 Å². The summed E-state index contributed by atoms with van der Waals surface area (Å²) in [6.07, 6.45) is 3.80. The van der Waals surface area contributed by atoms with E-state index in [4.69, 9.17) is 32.7 Å². The largest absolute Gasteiger partial charge is 0.491 e. The Morgan fingerprint density at radius 3 is 2.14 bits per heavy atom. The van der Waals surface area contributed by atoms with Crippen molar-refractivity contribution in [3.8, 4) is 5.75 Å². The second-order valence-corrected chi connectivity index (χ2v) is 9.12. The maximum absolute atomic E-state index is 13.0. The van der Waals surface area contributed by atoms with Crippen LogP contribution in [-0.4, -0.2) is 18.2 Å². The first-order valence-electron chi connectivity index (χ1n) is 10.2. The molecule has 29 heavy (non-hydrogen) atoms. The molecule has 6 heteroatoms. The van der Waals surface area contributed by atoms with Crippen LogP contribution in [0.5, 0.6) is 5.75 Å². The van der Waals surface area contributed by atoms with Gasteiger partial charge in [-0.15, -0.1) is 0 Å². The number of ketones is 2. The normalized spacial score (nSPS) is 20.0. The van der Waals surface area contributed by atoms with Gasteiger partial charge in [-0.1, -0.05) is 37.0 Å². The Morgan fingerprint density at radius 1 is 1.00 bits per heavy atom. The number of ether oxygens (including phenoxy) is 2. The molecule has 1 aromatic rings. The summed E-state index contributed by atoms with van der Waals surface area (Å²) in [5, 5.41) is 0.833. The fourth-order valence-corrected chi connectivity index (χ4v) is 4.89. The summed E-state index contributed by atoms with van der Waals surface area (Å²) in [4.78, 5) is 25.9. The number of halogens is 2. The van der Waals surface area contributed by atoms with E-state index in [-0.39, 0.29) is 11.6 Å².